The highest BCUT2D eigenvalue weighted by Crippen LogP contribution is 2.32. The van der Waals surface area contributed by atoms with Crippen LogP contribution in [0.15, 0.2) is 0 Å². The van der Waals surface area contributed by atoms with Crippen molar-refractivity contribution >= 4 is 29.3 Å². The van der Waals surface area contributed by atoms with Crippen molar-refractivity contribution in [2.75, 3.05) is 11.5 Å². The second-order valence-corrected chi connectivity index (χ2v) is 6.17. The van der Waals surface area contributed by atoms with Crippen LogP contribution in [0, 0.1) is 0 Å². The second-order valence-electron chi connectivity index (χ2n) is 3.44. The van der Waals surface area contributed by atoms with E-state index < -0.39 is 0 Å². The lowest BCUT2D eigenvalue weighted by Gasteiger charge is -2.26. The minimum absolute atomic E-state index is 0.283. The Labute approximate surface area is 89.4 Å². The van der Waals surface area contributed by atoms with Crippen LogP contribution in [0.1, 0.15) is 33.1 Å². The minimum Gasteiger partial charge on any atom is -0.298 e. The smallest absolute Gasteiger partial charge is 0.146 e. The molecule has 0 N–H and O–H groups in total. The Balaban J connectivity index is 2.35. The summed E-state index contributed by atoms with van der Waals surface area (Å²) in [6.45, 7) is 4.32. The third-order valence-corrected chi connectivity index (χ3v) is 5.42. The van der Waals surface area contributed by atoms with Gasteiger partial charge in [0.1, 0.15) is 5.78 Å². The van der Waals surface area contributed by atoms with Crippen molar-refractivity contribution in [1.82, 2.24) is 0 Å². The molecule has 0 aromatic carbocycles. The summed E-state index contributed by atoms with van der Waals surface area (Å²) in [7, 11) is 0. The lowest BCUT2D eigenvalue weighted by atomic mass is 10.1. The Hall–Kier alpha value is 0.370. The lowest BCUT2D eigenvalue weighted by Crippen LogP contribution is -2.30. The van der Waals surface area contributed by atoms with Gasteiger partial charge in [-0.2, -0.15) is 11.8 Å². The van der Waals surface area contributed by atoms with Crippen LogP contribution >= 0.6 is 23.5 Å². The molecule has 2 atom stereocenters. The fraction of sp³-hybridized carbons (Fsp3) is 0.900. The van der Waals surface area contributed by atoms with Gasteiger partial charge in [-0.1, -0.05) is 20.3 Å². The van der Waals surface area contributed by atoms with Gasteiger partial charge in [0, 0.05) is 23.2 Å². The van der Waals surface area contributed by atoms with Gasteiger partial charge in [-0.3, -0.25) is 4.79 Å². The van der Waals surface area contributed by atoms with Crippen LogP contribution in [0.5, 0.6) is 0 Å². The zero-order chi connectivity index (χ0) is 9.68. The molecule has 1 aliphatic rings. The van der Waals surface area contributed by atoms with E-state index in [4.69, 9.17) is 0 Å². The molecule has 0 spiro atoms. The van der Waals surface area contributed by atoms with Gasteiger partial charge in [0.25, 0.3) is 0 Å². The summed E-state index contributed by atoms with van der Waals surface area (Å²) in [4.78, 5) is 11.7. The molecule has 2 unspecified atom stereocenters. The maximum Gasteiger partial charge on any atom is 0.146 e. The summed E-state index contributed by atoms with van der Waals surface area (Å²) in [6, 6.07) is 0. The highest BCUT2D eigenvalue weighted by atomic mass is 32.2. The van der Waals surface area contributed by atoms with Gasteiger partial charge >= 0.3 is 0 Å². The molecule has 1 saturated heterocycles. The summed E-state index contributed by atoms with van der Waals surface area (Å²) < 4.78 is 0. The number of hydrogen-bond acceptors (Lipinski definition) is 3. The molecule has 0 aliphatic carbocycles. The first-order chi connectivity index (χ1) is 6.25. The van der Waals surface area contributed by atoms with E-state index in [0.717, 1.165) is 25.0 Å². The first kappa shape index (κ1) is 11.4. The standard InChI is InChI=1S/C10H18OS2/c1-3-4-5-9(11)10-8(2)12-6-7-13-10/h8,10H,3-7H2,1-2H3. The van der Waals surface area contributed by atoms with Crippen molar-refractivity contribution < 1.29 is 4.79 Å². The number of ketones is 1. The van der Waals surface area contributed by atoms with Gasteiger partial charge in [-0.15, -0.1) is 11.8 Å². The molecule has 0 radical (unpaired) electrons. The van der Waals surface area contributed by atoms with Gasteiger partial charge in [0.15, 0.2) is 0 Å². The molecule has 1 aliphatic heterocycles. The molecule has 1 heterocycles. The molecule has 0 aromatic heterocycles. The Kier molecular flexibility index (Phi) is 5.25. The van der Waals surface area contributed by atoms with E-state index >= 15 is 0 Å². The quantitative estimate of drug-likeness (QED) is 0.722. The number of Topliss-reactive ketones (excluding diaryl/α,β-unsaturated/α-hetero) is 1. The number of unbranched alkanes of at least 4 members (excludes halogenated alkanes) is 1. The molecule has 1 fully saturated rings. The topological polar surface area (TPSA) is 17.1 Å². The minimum atomic E-state index is 0.283. The maximum atomic E-state index is 11.7. The van der Waals surface area contributed by atoms with E-state index in [1.165, 1.54) is 5.75 Å². The molecule has 0 aromatic rings. The summed E-state index contributed by atoms with van der Waals surface area (Å²) in [6.07, 6.45) is 2.98. The predicted octanol–water partition coefficient (Wildman–Crippen LogP) is 2.98. The summed E-state index contributed by atoms with van der Waals surface area (Å²) in [5, 5.41) is 0.813. The highest BCUT2D eigenvalue weighted by molar-refractivity contribution is 8.07. The average Bonchev–Trinajstić information content (AvgIpc) is 2.15. The molecule has 76 valence electrons. The summed E-state index contributed by atoms with van der Waals surface area (Å²) in [5.74, 6) is 2.84. The van der Waals surface area contributed by atoms with E-state index in [1.54, 1.807) is 0 Å². The second kappa shape index (κ2) is 5.97. The summed E-state index contributed by atoms with van der Waals surface area (Å²) >= 11 is 3.81. The number of thioether (sulfide) groups is 2. The molecular formula is C10H18OS2. The SMILES string of the molecule is CCCCC(=O)C1SCCSC1C. The molecule has 3 heteroatoms. The normalized spacial score (nSPS) is 28.8. The predicted molar refractivity (Wildman–Crippen MR) is 62.7 cm³/mol. The fourth-order valence-electron chi connectivity index (χ4n) is 1.48. The van der Waals surface area contributed by atoms with Crippen LogP contribution in [0.25, 0.3) is 0 Å². The number of carbonyl (C=O) groups excluding carboxylic acids is 1. The zero-order valence-corrected chi connectivity index (χ0v) is 10.0. The molecule has 0 saturated carbocycles. The summed E-state index contributed by atoms with van der Waals surface area (Å²) in [5.41, 5.74) is 0. The molecular weight excluding hydrogens is 200 g/mol. The van der Waals surface area contributed by atoms with Gasteiger partial charge in [-0.05, 0) is 6.42 Å². The zero-order valence-electron chi connectivity index (χ0n) is 8.41. The highest BCUT2D eigenvalue weighted by Gasteiger charge is 2.27. The third-order valence-electron chi connectivity index (χ3n) is 2.28. The lowest BCUT2D eigenvalue weighted by molar-refractivity contribution is -0.118. The van der Waals surface area contributed by atoms with Crippen molar-refractivity contribution in [2.45, 2.75) is 43.6 Å². The van der Waals surface area contributed by atoms with E-state index in [1.807, 2.05) is 23.5 Å². The average molecular weight is 218 g/mol. The first-order valence-electron chi connectivity index (χ1n) is 5.01. The van der Waals surface area contributed by atoms with E-state index in [-0.39, 0.29) is 5.25 Å². The Morgan fingerprint density at radius 1 is 1.38 bits per heavy atom. The van der Waals surface area contributed by atoms with Gasteiger partial charge < -0.3 is 0 Å². The van der Waals surface area contributed by atoms with E-state index in [0.29, 0.717) is 11.0 Å². The number of hydrogen-bond donors (Lipinski definition) is 0. The molecule has 1 nitrogen and oxygen atoms in total. The van der Waals surface area contributed by atoms with Crippen molar-refractivity contribution in [3.05, 3.63) is 0 Å². The van der Waals surface area contributed by atoms with Crippen molar-refractivity contribution in [2.24, 2.45) is 0 Å². The Morgan fingerprint density at radius 2 is 2.08 bits per heavy atom. The third kappa shape index (κ3) is 3.55. The Morgan fingerprint density at radius 3 is 2.69 bits per heavy atom. The van der Waals surface area contributed by atoms with Crippen molar-refractivity contribution in [3.63, 3.8) is 0 Å². The first-order valence-corrected chi connectivity index (χ1v) is 7.11. The van der Waals surface area contributed by atoms with Gasteiger partial charge in [0.2, 0.25) is 0 Å². The number of carbonyl (C=O) groups is 1. The van der Waals surface area contributed by atoms with Crippen LogP contribution in [0.2, 0.25) is 0 Å². The van der Waals surface area contributed by atoms with Crippen LogP contribution in [0.4, 0.5) is 0 Å². The van der Waals surface area contributed by atoms with Crippen molar-refractivity contribution in [1.29, 1.82) is 0 Å². The van der Waals surface area contributed by atoms with Gasteiger partial charge in [-0.25, -0.2) is 0 Å². The molecule has 0 amide bonds. The van der Waals surface area contributed by atoms with Crippen LogP contribution in [-0.2, 0) is 4.79 Å². The van der Waals surface area contributed by atoms with Crippen LogP contribution in [0.3, 0.4) is 0 Å². The van der Waals surface area contributed by atoms with E-state index in [9.17, 15) is 4.79 Å². The Bertz CT molecular complexity index is 170. The van der Waals surface area contributed by atoms with E-state index in [2.05, 4.69) is 13.8 Å². The van der Waals surface area contributed by atoms with Crippen molar-refractivity contribution in [3.8, 4) is 0 Å². The van der Waals surface area contributed by atoms with Crippen LogP contribution in [-0.4, -0.2) is 27.8 Å². The largest absolute Gasteiger partial charge is 0.298 e. The fourth-order valence-corrected chi connectivity index (χ4v) is 4.25. The monoisotopic (exact) mass is 218 g/mol. The molecule has 0 bridgehead atoms. The van der Waals surface area contributed by atoms with Gasteiger partial charge in [0.05, 0.1) is 5.25 Å². The maximum absolute atomic E-state index is 11.7. The van der Waals surface area contributed by atoms with Crippen LogP contribution < -0.4 is 0 Å². The number of rotatable bonds is 4. The molecule has 13 heavy (non-hydrogen) atoms. The molecule has 1 rings (SSSR count).